The SMILES string of the molecule is C[C@@H](c1cc(-c2ccccc2)n[nH]1)N(C)C(=O)c1cnc(C2CC2)[nH]c1=O. The van der Waals surface area contributed by atoms with Gasteiger partial charge in [0.1, 0.15) is 11.4 Å². The number of carbonyl (C=O) groups excluding carboxylic acids is 1. The lowest BCUT2D eigenvalue weighted by Gasteiger charge is -2.23. The van der Waals surface area contributed by atoms with Gasteiger partial charge in [-0.3, -0.25) is 14.7 Å². The molecule has 1 fully saturated rings. The van der Waals surface area contributed by atoms with E-state index < -0.39 is 0 Å². The summed E-state index contributed by atoms with van der Waals surface area (Å²) in [5.74, 6) is 0.641. The summed E-state index contributed by atoms with van der Waals surface area (Å²) in [5.41, 5.74) is 2.27. The van der Waals surface area contributed by atoms with Gasteiger partial charge in [0, 0.05) is 24.7 Å². The topological polar surface area (TPSA) is 94.7 Å². The molecule has 2 N–H and O–H groups in total. The van der Waals surface area contributed by atoms with Crippen LogP contribution in [0, 0.1) is 0 Å². The Kier molecular flexibility index (Phi) is 4.35. The number of aromatic nitrogens is 4. The third-order valence-electron chi connectivity index (χ3n) is 5.03. The first kappa shape index (κ1) is 17.2. The molecule has 1 saturated carbocycles. The van der Waals surface area contributed by atoms with Gasteiger partial charge in [-0.05, 0) is 25.8 Å². The van der Waals surface area contributed by atoms with E-state index in [1.807, 2.05) is 43.3 Å². The Hall–Kier alpha value is -3.22. The number of aromatic amines is 2. The summed E-state index contributed by atoms with van der Waals surface area (Å²) in [7, 11) is 1.67. The molecule has 27 heavy (non-hydrogen) atoms. The van der Waals surface area contributed by atoms with E-state index in [1.54, 1.807) is 7.05 Å². The van der Waals surface area contributed by atoms with Gasteiger partial charge in [-0.1, -0.05) is 30.3 Å². The Morgan fingerprint density at radius 2 is 2.00 bits per heavy atom. The molecule has 0 radical (unpaired) electrons. The molecular weight excluding hydrogens is 342 g/mol. The van der Waals surface area contributed by atoms with E-state index in [1.165, 1.54) is 11.1 Å². The second-order valence-electron chi connectivity index (χ2n) is 6.95. The third kappa shape index (κ3) is 3.40. The average Bonchev–Trinajstić information content (AvgIpc) is 3.43. The summed E-state index contributed by atoms with van der Waals surface area (Å²) in [6.07, 6.45) is 3.47. The molecule has 4 rings (SSSR count). The number of hydrogen-bond donors (Lipinski definition) is 2. The number of nitrogens with zero attached hydrogens (tertiary/aromatic N) is 3. The van der Waals surface area contributed by atoms with Gasteiger partial charge in [-0.15, -0.1) is 0 Å². The molecule has 2 heterocycles. The van der Waals surface area contributed by atoms with Crippen molar-refractivity contribution in [3.05, 3.63) is 70.0 Å². The van der Waals surface area contributed by atoms with Crippen molar-refractivity contribution in [2.24, 2.45) is 0 Å². The largest absolute Gasteiger partial charge is 0.333 e. The zero-order valence-electron chi connectivity index (χ0n) is 15.3. The molecule has 1 aliphatic carbocycles. The number of hydrogen-bond acceptors (Lipinski definition) is 4. The van der Waals surface area contributed by atoms with Gasteiger partial charge in [0.2, 0.25) is 0 Å². The van der Waals surface area contributed by atoms with Gasteiger partial charge in [0.05, 0.1) is 17.4 Å². The fourth-order valence-corrected chi connectivity index (χ4v) is 3.01. The monoisotopic (exact) mass is 363 g/mol. The molecule has 0 aliphatic heterocycles. The fraction of sp³-hybridized carbons (Fsp3) is 0.300. The standard InChI is InChI=1S/C20H21N5O2/c1-12(16-10-17(24-23-16)13-6-4-3-5-7-13)25(2)20(27)15-11-21-18(14-8-9-14)22-19(15)26/h3-7,10-12,14H,8-9H2,1-2H3,(H,23,24)(H,21,22,26)/t12-/m0/s1. The first-order chi connectivity index (χ1) is 13.0. The van der Waals surface area contributed by atoms with Crippen molar-refractivity contribution in [3.63, 3.8) is 0 Å². The lowest BCUT2D eigenvalue weighted by molar-refractivity contribution is 0.0737. The van der Waals surface area contributed by atoms with Crippen LogP contribution in [0.3, 0.4) is 0 Å². The summed E-state index contributed by atoms with van der Waals surface area (Å²) in [6.45, 7) is 1.89. The molecule has 7 nitrogen and oxygen atoms in total. The number of carbonyl (C=O) groups is 1. The predicted molar refractivity (Wildman–Crippen MR) is 101 cm³/mol. The molecule has 2 aromatic heterocycles. The quantitative estimate of drug-likeness (QED) is 0.729. The Bertz CT molecular complexity index is 1020. The molecule has 1 aliphatic rings. The number of H-pyrrole nitrogens is 2. The van der Waals surface area contributed by atoms with E-state index in [9.17, 15) is 9.59 Å². The summed E-state index contributed by atoms with van der Waals surface area (Å²) in [4.78, 5) is 33.6. The molecule has 0 unspecified atom stereocenters. The van der Waals surface area contributed by atoms with Crippen LogP contribution >= 0.6 is 0 Å². The van der Waals surface area contributed by atoms with E-state index in [0.717, 1.165) is 29.8 Å². The van der Waals surface area contributed by atoms with Crippen LogP contribution in [-0.2, 0) is 0 Å². The molecule has 0 spiro atoms. The lowest BCUT2D eigenvalue weighted by atomic mass is 10.1. The maximum atomic E-state index is 12.8. The van der Waals surface area contributed by atoms with E-state index in [4.69, 9.17) is 0 Å². The van der Waals surface area contributed by atoms with Gasteiger partial charge in [-0.25, -0.2) is 4.98 Å². The minimum Gasteiger partial charge on any atom is -0.333 e. The Labute approximate surface area is 156 Å². The Morgan fingerprint density at radius 1 is 1.26 bits per heavy atom. The Morgan fingerprint density at radius 3 is 2.67 bits per heavy atom. The van der Waals surface area contributed by atoms with Gasteiger partial charge < -0.3 is 9.88 Å². The maximum absolute atomic E-state index is 12.8. The normalized spacial score (nSPS) is 14.7. The molecule has 1 amide bonds. The lowest BCUT2D eigenvalue weighted by Crippen LogP contribution is -2.34. The van der Waals surface area contributed by atoms with Gasteiger partial charge in [0.15, 0.2) is 0 Å². The van der Waals surface area contributed by atoms with Crippen molar-refractivity contribution in [2.45, 2.75) is 31.7 Å². The van der Waals surface area contributed by atoms with Crippen molar-refractivity contribution in [1.82, 2.24) is 25.1 Å². The molecule has 7 heteroatoms. The van der Waals surface area contributed by atoms with Crippen molar-refractivity contribution < 1.29 is 4.79 Å². The van der Waals surface area contributed by atoms with Crippen LogP contribution in [0.2, 0.25) is 0 Å². The highest BCUT2D eigenvalue weighted by atomic mass is 16.2. The van der Waals surface area contributed by atoms with E-state index in [2.05, 4.69) is 20.2 Å². The molecule has 1 aromatic carbocycles. The summed E-state index contributed by atoms with van der Waals surface area (Å²) in [5, 5.41) is 7.33. The number of rotatable bonds is 5. The van der Waals surface area contributed by atoms with Gasteiger partial charge in [0.25, 0.3) is 11.5 Å². The van der Waals surface area contributed by atoms with E-state index in [0.29, 0.717) is 11.7 Å². The summed E-state index contributed by atoms with van der Waals surface area (Å²) < 4.78 is 0. The van der Waals surface area contributed by atoms with E-state index in [-0.39, 0.29) is 23.1 Å². The zero-order valence-corrected chi connectivity index (χ0v) is 15.3. The molecule has 1 atom stereocenters. The van der Waals surface area contributed by atoms with Crippen LogP contribution in [0.25, 0.3) is 11.3 Å². The van der Waals surface area contributed by atoms with Crippen LogP contribution in [0.15, 0.2) is 47.4 Å². The molecule has 0 saturated heterocycles. The summed E-state index contributed by atoms with van der Waals surface area (Å²) in [6, 6.07) is 11.5. The second-order valence-corrected chi connectivity index (χ2v) is 6.95. The van der Waals surface area contributed by atoms with Crippen molar-refractivity contribution in [1.29, 1.82) is 0 Å². The highest BCUT2D eigenvalue weighted by Crippen LogP contribution is 2.37. The predicted octanol–water partition coefficient (Wildman–Crippen LogP) is 2.87. The third-order valence-corrected chi connectivity index (χ3v) is 5.03. The van der Waals surface area contributed by atoms with Gasteiger partial charge >= 0.3 is 0 Å². The minimum absolute atomic E-state index is 0.0524. The second kappa shape index (κ2) is 6.83. The molecular formula is C20H21N5O2. The van der Waals surface area contributed by atoms with Crippen LogP contribution < -0.4 is 5.56 Å². The summed E-state index contributed by atoms with van der Waals surface area (Å²) >= 11 is 0. The smallest absolute Gasteiger partial charge is 0.263 e. The number of amides is 1. The van der Waals surface area contributed by atoms with Crippen molar-refractivity contribution in [3.8, 4) is 11.3 Å². The highest BCUT2D eigenvalue weighted by Gasteiger charge is 2.28. The first-order valence-corrected chi connectivity index (χ1v) is 9.01. The average molecular weight is 363 g/mol. The van der Waals surface area contributed by atoms with Crippen LogP contribution in [0.4, 0.5) is 0 Å². The number of benzene rings is 1. The van der Waals surface area contributed by atoms with Gasteiger partial charge in [-0.2, -0.15) is 5.10 Å². The highest BCUT2D eigenvalue weighted by molar-refractivity contribution is 5.93. The molecule has 0 bridgehead atoms. The fourth-order valence-electron chi connectivity index (χ4n) is 3.01. The molecule has 3 aromatic rings. The first-order valence-electron chi connectivity index (χ1n) is 9.01. The van der Waals surface area contributed by atoms with Crippen LogP contribution in [-0.4, -0.2) is 38.0 Å². The van der Waals surface area contributed by atoms with Crippen LogP contribution in [0.5, 0.6) is 0 Å². The van der Waals surface area contributed by atoms with E-state index >= 15 is 0 Å². The maximum Gasteiger partial charge on any atom is 0.263 e. The van der Waals surface area contributed by atoms with Crippen LogP contribution in [0.1, 0.15) is 53.6 Å². The Balaban J connectivity index is 1.53. The number of nitrogens with one attached hydrogen (secondary N) is 2. The minimum atomic E-state index is -0.384. The molecule has 138 valence electrons. The van der Waals surface area contributed by atoms with Crippen molar-refractivity contribution in [2.75, 3.05) is 7.05 Å². The zero-order chi connectivity index (χ0) is 19.0. The van der Waals surface area contributed by atoms with Crippen molar-refractivity contribution >= 4 is 5.91 Å².